The molecule has 0 spiro atoms. The third kappa shape index (κ3) is 4.03. The number of methoxy groups -OCH3 is 1. The molecule has 0 saturated carbocycles. The summed E-state index contributed by atoms with van der Waals surface area (Å²) >= 11 is 0. The predicted molar refractivity (Wildman–Crippen MR) is 105 cm³/mol. The van der Waals surface area contributed by atoms with Gasteiger partial charge in [0.25, 0.3) is 0 Å². The molecule has 0 aliphatic rings. The molecule has 0 unspecified atom stereocenters. The van der Waals surface area contributed by atoms with Gasteiger partial charge in [-0.2, -0.15) is 0 Å². The van der Waals surface area contributed by atoms with Crippen molar-refractivity contribution < 1.29 is 13.2 Å². The van der Waals surface area contributed by atoms with Crippen LogP contribution in [0.4, 0.5) is 0 Å². The van der Waals surface area contributed by atoms with Gasteiger partial charge in [-0.3, -0.25) is 0 Å². The van der Waals surface area contributed by atoms with Crippen LogP contribution in [0.15, 0.2) is 89.2 Å². The van der Waals surface area contributed by atoms with Crippen LogP contribution >= 0.6 is 0 Å². The maximum atomic E-state index is 12.9. The first-order valence-electron chi connectivity index (χ1n) is 8.23. The molecule has 0 fully saturated rings. The highest BCUT2D eigenvalue weighted by Gasteiger charge is 2.15. The summed E-state index contributed by atoms with van der Waals surface area (Å²) in [5.41, 5.74) is 3.32. The van der Waals surface area contributed by atoms with Gasteiger partial charge in [-0.15, -0.1) is 0 Å². The van der Waals surface area contributed by atoms with Gasteiger partial charge in [0.1, 0.15) is 5.75 Å². The Balaban J connectivity index is 2.13. The zero-order valence-corrected chi connectivity index (χ0v) is 15.5. The fourth-order valence-electron chi connectivity index (χ4n) is 2.64. The highest BCUT2D eigenvalue weighted by Crippen LogP contribution is 2.28. The largest absolute Gasteiger partial charge is 0.497 e. The number of benzene rings is 3. The van der Waals surface area contributed by atoms with Crippen molar-refractivity contribution in [2.75, 3.05) is 7.11 Å². The van der Waals surface area contributed by atoms with Crippen molar-refractivity contribution in [2.45, 2.75) is 11.8 Å². The number of hydrogen-bond acceptors (Lipinski definition) is 3. The molecular weight excluding hydrogens is 344 g/mol. The summed E-state index contributed by atoms with van der Waals surface area (Å²) in [5, 5.41) is 1.34. The molecule has 0 radical (unpaired) electrons. The molecule has 0 saturated heterocycles. The first-order valence-corrected chi connectivity index (χ1v) is 9.77. The number of aryl methyl sites for hydroxylation is 1. The van der Waals surface area contributed by atoms with E-state index in [0.717, 1.165) is 22.4 Å². The summed E-state index contributed by atoms with van der Waals surface area (Å²) in [6.45, 7) is 1.93. The van der Waals surface area contributed by atoms with Crippen LogP contribution in [-0.2, 0) is 9.84 Å². The van der Waals surface area contributed by atoms with Crippen LogP contribution in [0, 0.1) is 6.92 Å². The topological polar surface area (TPSA) is 43.4 Å². The van der Waals surface area contributed by atoms with Crippen molar-refractivity contribution in [1.82, 2.24) is 0 Å². The Hall–Kier alpha value is -2.85. The first-order chi connectivity index (χ1) is 12.5. The van der Waals surface area contributed by atoms with Crippen molar-refractivity contribution in [2.24, 2.45) is 0 Å². The Morgan fingerprint density at radius 3 is 1.96 bits per heavy atom. The molecule has 132 valence electrons. The van der Waals surface area contributed by atoms with Gasteiger partial charge in [-0.1, -0.05) is 60.2 Å². The lowest BCUT2D eigenvalue weighted by atomic mass is 10.00. The Labute approximate surface area is 154 Å². The minimum atomic E-state index is -3.58. The zero-order valence-electron chi connectivity index (χ0n) is 14.7. The molecule has 26 heavy (non-hydrogen) atoms. The van der Waals surface area contributed by atoms with E-state index in [4.69, 9.17) is 4.74 Å². The Morgan fingerprint density at radius 1 is 0.808 bits per heavy atom. The molecule has 0 amide bonds. The molecule has 4 heteroatoms. The van der Waals surface area contributed by atoms with E-state index in [1.54, 1.807) is 31.4 Å². The molecule has 0 aromatic heterocycles. The second-order valence-corrected chi connectivity index (χ2v) is 7.78. The smallest absolute Gasteiger partial charge is 0.200 e. The van der Waals surface area contributed by atoms with Crippen LogP contribution in [0.3, 0.4) is 0 Å². The summed E-state index contributed by atoms with van der Waals surface area (Å²) in [6, 6.07) is 23.8. The van der Waals surface area contributed by atoms with Crippen LogP contribution in [-0.4, -0.2) is 15.5 Å². The Bertz CT molecular complexity index is 1000. The average Bonchev–Trinajstić information content (AvgIpc) is 2.67. The van der Waals surface area contributed by atoms with Crippen molar-refractivity contribution in [3.8, 4) is 5.75 Å². The maximum Gasteiger partial charge on any atom is 0.200 e. The van der Waals surface area contributed by atoms with Gasteiger partial charge in [0.2, 0.25) is 0 Å². The summed E-state index contributed by atoms with van der Waals surface area (Å²) in [5.74, 6) is 0.725. The maximum absolute atomic E-state index is 12.9. The van der Waals surface area contributed by atoms with Crippen LogP contribution < -0.4 is 4.74 Å². The van der Waals surface area contributed by atoms with Crippen molar-refractivity contribution >= 4 is 15.4 Å². The van der Waals surface area contributed by atoms with Gasteiger partial charge >= 0.3 is 0 Å². The highest BCUT2D eigenvalue weighted by atomic mass is 32.2. The first kappa shape index (κ1) is 18.0. The molecular formula is C22H20O3S. The van der Waals surface area contributed by atoms with Crippen molar-refractivity contribution in [3.05, 3.63) is 101 Å². The predicted octanol–water partition coefficient (Wildman–Crippen LogP) is 4.87. The minimum Gasteiger partial charge on any atom is -0.497 e. The van der Waals surface area contributed by atoms with Gasteiger partial charge < -0.3 is 4.74 Å². The quantitative estimate of drug-likeness (QED) is 0.649. The van der Waals surface area contributed by atoms with E-state index in [1.807, 2.05) is 61.5 Å². The molecule has 0 N–H and O–H groups in total. The van der Waals surface area contributed by atoms with E-state index < -0.39 is 9.84 Å². The van der Waals surface area contributed by atoms with Crippen LogP contribution in [0.25, 0.3) is 5.57 Å². The van der Waals surface area contributed by atoms with E-state index in [2.05, 4.69) is 0 Å². The second kappa shape index (κ2) is 7.58. The molecule has 3 aromatic rings. The van der Waals surface area contributed by atoms with E-state index in [0.29, 0.717) is 5.57 Å². The summed E-state index contributed by atoms with van der Waals surface area (Å²) in [7, 11) is -1.98. The van der Waals surface area contributed by atoms with Crippen LogP contribution in [0.5, 0.6) is 5.75 Å². The SMILES string of the molecule is COc1ccc(/C(=C\S(=O)(=O)c2ccc(C)cc2)c2ccccc2)cc1. The molecule has 3 nitrogen and oxygen atoms in total. The van der Waals surface area contributed by atoms with E-state index in [1.165, 1.54) is 5.41 Å². The highest BCUT2D eigenvalue weighted by molar-refractivity contribution is 7.94. The fourth-order valence-corrected chi connectivity index (χ4v) is 3.88. The van der Waals surface area contributed by atoms with Gasteiger partial charge in [0.05, 0.1) is 12.0 Å². The standard InChI is InChI=1S/C22H20O3S/c1-17-8-14-21(15-9-17)26(23,24)16-22(18-6-4-3-5-7-18)19-10-12-20(25-2)13-11-19/h3-16H,1-2H3/b22-16-. The molecule has 3 rings (SSSR count). The molecule has 3 aromatic carbocycles. The molecule has 0 atom stereocenters. The summed E-state index contributed by atoms with van der Waals surface area (Å²) < 4.78 is 31.0. The monoisotopic (exact) mass is 364 g/mol. The number of hydrogen-bond donors (Lipinski definition) is 0. The van der Waals surface area contributed by atoms with E-state index >= 15 is 0 Å². The van der Waals surface area contributed by atoms with E-state index in [-0.39, 0.29) is 4.90 Å². The fraction of sp³-hybridized carbons (Fsp3) is 0.0909. The lowest BCUT2D eigenvalue weighted by Crippen LogP contribution is -1.99. The number of rotatable bonds is 5. The lowest BCUT2D eigenvalue weighted by Gasteiger charge is -2.10. The lowest BCUT2D eigenvalue weighted by molar-refractivity contribution is 0.415. The number of sulfone groups is 1. The van der Waals surface area contributed by atoms with Gasteiger partial charge in [-0.05, 0) is 42.3 Å². The van der Waals surface area contributed by atoms with E-state index in [9.17, 15) is 8.42 Å². The third-order valence-corrected chi connectivity index (χ3v) is 5.58. The minimum absolute atomic E-state index is 0.282. The Kier molecular flexibility index (Phi) is 5.24. The molecule has 0 aliphatic heterocycles. The van der Waals surface area contributed by atoms with Crippen LogP contribution in [0.1, 0.15) is 16.7 Å². The third-order valence-electron chi connectivity index (χ3n) is 4.11. The van der Waals surface area contributed by atoms with Crippen LogP contribution in [0.2, 0.25) is 0 Å². The number of ether oxygens (including phenoxy) is 1. The summed E-state index contributed by atoms with van der Waals surface area (Å²) in [4.78, 5) is 0.282. The molecule has 0 bridgehead atoms. The zero-order chi connectivity index (χ0) is 18.6. The van der Waals surface area contributed by atoms with Crippen molar-refractivity contribution in [3.63, 3.8) is 0 Å². The molecule has 0 heterocycles. The normalized spacial score (nSPS) is 12.0. The average molecular weight is 364 g/mol. The second-order valence-electron chi connectivity index (χ2n) is 5.98. The van der Waals surface area contributed by atoms with Crippen molar-refractivity contribution in [1.29, 1.82) is 0 Å². The van der Waals surface area contributed by atoms with Gasteiger partial charge in [0, 0.05) is 11.0 Å². The van der Waals surface area contributed by atoms with Gasteiger partial charge in [-0.25, -0.2) is 8.42 Å². The summed E-state index contributed by atoms with van der Waals surface area (Å²) in [6.07, 6.45) is 0. The Morgan fingerprint density at radius 2 is 1.38 bits per heavy atom. The van der Waals surface area contributed by atoms with Gasteiger partial charge in [0.15, 0.2) is 9.84 Å². The molecule has 0 aliphatic carbocycles.